The highest BCUT2D eigenvalue weighted by Crippen LogP contribution is 2.20. The maximum absolute atomic E-state index is 13.0. The van der Waals surface area contributed by atoms with Gasteiger partial charge in [-0.05, 0) is 42.9 Å². The number of benzene rings is 1. The molecule has 0 radical (unpaired) electrons. The van der Waals surface area contributed by atoms with Crippen molar-refractivity contribution in [1.82, 2.24) is 5.32 Å². The zero-order chi connectivity index (χ0) is 16.1. The Balaban J connectivity index is 0.00000264. The van der Waals surface area contributed by atoms with Gasteiger partial charge in [-0.15, -0.1) is 12.4 Å². The molecule has 1 aromatic rings. The Morgan fingerprint density at radius 2 is 2.00 bits per heavy atom. The number of halogens is 2. The lowest BCUT2D eigenvalue weighted by atomic mass is 9.96. The summed E-state index contributed by atoms with van der Waals surface area (Å²) in [5.74, 6) is -0.0430. The molecule has 3 atom stereocenters. The molecule has 1 heterocycles. The van der Waals surface area contributed by atoms with Gasteiger partial charge in [-0.3, -0.25) is 4.79 Å². The largest absolute Gasteiger partial charge is 0.364 e. The number of ether oxygens (including phenoxy) is 1. The van der Waals surface area contributed by atoms with Gasteiger partial charge in [0.05, 0.1) is 6.10 Å². The summed E-state index contributed by atoms with van der Waals surface area (Å²) in [5, 5.41) is 3.07. The van der Waals surface area contributed by atoms with Gasteiger partial charge < -0.3 is 15.8 Å². The number of hydrogen-bond acceptors (Lipinski definition) is 3. The molecule has 1 saturated heterocycles. The van der Waals surface area contributed by atoms with Crippen molar-refractivity contribution in [2.45, 2.75) is 51.4 Å². The lowest BCUT2D eigenvalue weighted by Crippen LogP contribution is -2.45. The van der Waals surface area contributed by atoms with Crippen LogP contribution in [-0.2, 0) is 16.0 Å². The van der Waals surface area contributed by atoms with Crippen LogP contribution in [0.25, 0.3) is 0 Å². The molecular weight excluding hydrogens is 319 g/mol. The molecular formula is C17H26ClFN2O2. The van der Waals surface area contributed by atoms with Gasteiger partial charge >= 0.3 is 0 Å². The molecule has 0 saturated carbocycles. The molecule has 0 bridgehead atoms. The molecule has 0 spiro atoms. The van der Waals surface area contributed by atoms with Crippen LogP contribution in [0.1, 0.15) is 32.3 Å². The predicted octanol–water partition coefficient (Wildman–Crippen LogP) is 2.44. The molecule has 4 nitrogen and oxygen atoms in total. The first-order valence-electron chi connectivity index (χ1n) is 7.90. The molecule has 130 valence electrons. The number of carbonyl (C=O) groups is 1. The van der Waals surface area contributed by atoms with Crippen molar-refractivity contribution in [3.05, 3.63) is 35.6 Å². The number of nitrogens with one attached hydrogen (secondary N) is 1. The van der Waals surface area contributed by atoms with Gasteiger partial charge in [-0.2, -0.15) is 0 Å². The smallest absolute Gasteiger partial charge is 0.249 e. The lowest BCUT2D eigenvalue weighted by molar-refractivity contribution is -0.132. The van der Waals surface area contributed by atoms with Crippen LogP contribution in [-0.4, -0.2) is 30.7 Å². The van der Waals surface area contributed by atoms with Crippen LogP contribution in [0.3, 0.4) is 0 Å². The molecule has 1 unspecified atom stereocenters. The van der Waals surface area contributed by atoms with Crippen LogP contribution in [0.4, 0.5) is 4.39 Å². The molecule has 1 fully saturated rings. The van der Waals surface area contributed by atoms with E-state index in [1.807, 2.05) is 0 Å². The number of amides is 1. The van der Waals surface area contributed by atoms with Crippen LogP contribution in [0.2, 0.25) is 0 Å². The summed E-state index contributed by atoms with van der Waals surface area (Å²) in [5.41, 5.74) is 6.58. The normalized spacial score (nSPS) is 21.8. The summed E-state index contributed by atoms with van der Waals surface area (Å²) in [6.07, 6.45) is 1.82. The highest BCUT2D eigenvalue weighted by molar-refractivity contribution is 5.85. The molecule has 2 rings (SSSR count). The third-order valence-electron chi connectivity index (χ3n) is 4.16. The first-order valence-corrected chi connectivity index (χ1v) is 7.90. The van der Waals surface area contributed by atoms with Gasteiger partial charge in [0.1, 0.15) is 11.9 Å². The van der Waals surface area contributed by atoms with Crippen molar-refractivity contribution in [3.8, 4) is 0 Å². The zero-order valence-electron chi connectivity index (χ0n) is 13.6. The monoisotopic (exact) mass is 344 g/mol. The van der Waals surface area contributed by atoms with Crippen molar-refractivity contribution in [1.29, 1.82) is 0 Å². The Morgan fingerprint density at radius 3 is 2.52 bits per heavy atom. The van der Waals surface area contributed by atoms with Crippen molar-refractivity contribution < 1.29 is 13.9 Å². The molecule has 1 aromatic carbocycles. The van der Waals surface area contributed by atoms with E-state index in [1.165, 1.54) is 12.1 Å². The molecule has 1 aliphatic rings. The fourth-order valence-corrected chi connectivity index (χ4v) is 2.68. The van der Waals surface area contributed by atoms with Crippen LogP contribution < -0.4 is 11.1 Å². The quantitative estimate of drug-likeness (QED) is 0.833. The summed E-state index contributed by atoms with van der Waals surface area (Å²) in [4.78, 5) is 12.3. The predicted molar refractivity (Wildman–Crippen MR) is 91.1 cm³/mol. The number of rotatable bonds is 6. The van der Waals surface area contributed by atoms with Gasteiger partial charge in [0.15, 0.2) is 0 Å². The average Bonchev–Trinajstić information content (AvgIpc) is 2.97. The second-order valence-electron chi connectivity index (χ2n) is 6.25. The van der Waals surface area contributed by atoms with E-state index in [1.54, 1.807) is 12.1 Å². The van der Waals surface area contributed by atoms with E-state index >= 15 is 0 Å². The van der Waals surface area contributed by atoms with Crippen LogP contribution >= 0.6 is 12.4 Å². The second-order valence-corrected chi connectivity index (χ2v) is 6.25. The standard InChI is InChI=1S/C17H25FN2O2.ClH/c1-11(2)15(9-12-3-5-13(18)6-4-12)20-17(21)16-8-7-14(10-19)22-16;/h3-6,11,14-16H,7-10,19H2,1-2H3,(H,20,21);1H/t14-,15?,16+;/m1./s1. The minimum atomic E-state index is -0.400. The number of carbonyl (C=O) groups excluding carboxylic acids is 1. The Labute approximate surface area is 143 Å². The third kappa shape index (κ3) is 5.75. The van der Waals surface area contributed by atoms with Crippen molar-refractivity contribution in [3.63, 3.8) is 0 Å². The summed E-state index contributed by atoms with van der Waals surface area (Å²) < 4.78 is 18.6. The van der Waals surface area contributed by atoms with E-state index in [9.17, 15) is 9.18 Å². The summed E-state index contributed by atoms with van der Waals surface area (Å²) in [6, 6.07) is 6.40. The molecule has 1 amide bonds. The first kappa shape index (κ1) is 19.9. The van der Waals surface area contributed by atoms with E-state index in [4.69, 9.17) is 10.5 Å². The molecule has 0 aliphatic carbocycles. The van der Waals surface area contributed by atoms with E-state index in [0.717, 1.165) is 18.4 Å². The van der Waals surface area contributed by atoms with E-state index in [0.29, 0.717) is 13.0 Å². The minimum absolute atomic E-state index is 0. The molecule has 0 aromatic heterocycles. The summed E-state index contributed by atoms with van der Waals surface area (Å²) in [7, 11) is 0. The third-order valence-corrected chi connectivity index (χ3v) is 4.16. The van der Waals surface area contributed by atoms with E-state index in [2.05, 4.69) is 19.2 Å². The fraction of sp³-hybridized carbons (Fsp3) is 0.588. The first-order chi connectivity index (χ1) is 10.5. The highest BCUT2D eigenvalue weighted by Gasteiger charge is 2.31. The number of hydrogen-bond donors (Lipinski definition) is 2. The van der Waals surface area contributed by atoms with Gasteiger partial charge in [-0.1, -0.05) is 26.0 Å². The molecule has 1 aliphatic heterocycles. The van der Waals surface area contributed by atoms with Gasteiger partial charge in [0.25, 0.3) is 0 Å². The molecule has 23 heavy (non-hydrogen) atoms. The summed E-state index contributed by atoms with van der Waals surface area (Å²) in [6.45, 7) is 4.58. The highest BCUT2D eigenvalue weighted by atomic mass is 35.5. The molecule has 6 heteroatoms. The van der Waals surface area contributed by atoms with Crippen molar-refractivity contribution >= 4 is 18.3 Å². The lowest BCUT2D eigenvalue weighted by Gasteiger charge is -2.24. The maximum atomic E-state index is 13.0. The van der Waals surface area contributed by atoms with Crippen LogP contribution in [0.5, 0.6) is 0 Å². The van der Waals surface area contributed by atoms with Crippen LogP contribution in [0, 0.1) is 11.7 Å². The van der Waals surface area contributed by atoms with Crippen molar-refractivity contribution in [2.24, 2.45) is 11.7 Å². The van der Waals surface area contributed by atoms with E-state index < -0.39 is 6.10 Å². The zero-order valence-corrected chi connectivity index (χ0v) is 14.4. The van der Waals surface area contributed by atoms with Gasteiger partial charge in [-0.25, -0.2) is 4.39 Å². The Bertz CT molecular complexity index is 496. The maximum Gasteiger partial charge on any atom is 0.249 e. The fourth-order valence-electron chi connectivity index (χ4n) is 2.68. The Morgan fingerprint density at radius 1 is 1.35 bits per heavy atom. The van der Waals surface area contributed by atoms with Crippen molar-refractivity contribution in [2.75, 3.05) is 6.54 Å². The van der Waals surface area contributed by atoms with Gasteiger partial charge in [0, 0.05) is 12.6 Å². The van der Waals surface area contributed by atoms with Crippen LogP contribution in [0.15, 0.2) is 24.3 Å². The second kappa shape index (κ2) is 9.21. The topological polar surface area (TPSA) is 64.4 Å². The minimum Gasteiger partial charge on any atom is -0.364 e. The Kier molecular flexibility index (Phi) is 7.95. The number of nitrogens with two attached hydrogens (primary N) is 1. The average molecular weight is 345 g/mol. The van der Waals surface area contributed by atoms with E-state index in [-0.39, 0.29) is 42.2 Å². The van der Waals surface area contributed by atoms with Gasteiger partial charge in [0.2, 0.25) is 5.91 Å². The Hall–Kier alpha value is -1.17. The molecule has 3 N–H and O–H groups in total. The summed E-state index contributed by atoms with van der Waals surface area (Å²) >= 11 is 0. The SMILES string of the molecule is CC(C)C(Cc1ccc(F)cc1)NC(=O)[C@@H]1CC[C@H](CN)O1.Cl.